The van der Waals surface area contributed by atoms with Gasteiger partial charge in [-0.05, 0) is 42.5 Å². The first-order valence-corrected chi connectivity index (χ1v) is 7.92. The third-order valence-corrected chi connectivity index (χ3v) is 4.40. The second-order valence-electron chi connectivity index (χ2n) is 4.29. The number of alkyl halides is 2. The van der Waals surface area contributed by atoms with Crippen LogP contribution in [0.2, 0.25) is 5.02 Å². The second kappa shape index (κ2) is 6.41. The lowest BCUT2D eigenvalue weighted by Gasteiger charge is -2.07. The van der Waals surface area contributed by atoms with Crippen molar-refractivity contribution in [2.45, 2.75) is 10.7 Å². The van der Waals surface area contributed by atoms with Gasteiger partial charge in [0.05, 0.1) is 4.90 Å². The molecule has 4 nitrogen and oxygen atoms in total. The quantitative estimate of drug-likeness (QED) is 0.921. The van der Waals surface area contributed by atoms with Gasteiger partial charge in [-0.2, -0.15) is 8.78 Å². The molecule has 0 aliphatic heterocycles. The number of hydrogen-bond acceptors (Lipinski definition) is 3. The maximum Gasteiger partial charge on any atom is 0.341 e. The molecule has 2 rings (SSSR count). The Morgan fingerprint density at radius 2 is 1.73 bits per heavy atom. The van der Waals surface area contributed by atoms with Gasteiger partial charge in [-0.25, -0.2) is 8.42 Å². The average molecular weight is 346 g/mol. The van der Waals surface area contributed by atoms with Crippen LogP contribution in [0, 0.1) is 0 Å². The Morgan fingerprint density at radius 1 is 1.09 bits per heavy atom. The molecule has 0 unspecified atom stereocenters. The van der Waals surface area contributed by atoms with Crippen LogP contribution < -0.4 is 5.32 Å². The predicted molar refractivity (Wildman–Crippen MR) is 79.0 cm³/mol. The first-order chi connectivity index (χ1) is 10.3. The molecule has 0 saturated heterocycles. The van der Waals surface area contributed by atoms with E-state index in [1.54, 1.807) is 18.2 Å². The summed E-state index contributed by atoms with van der Waals surface area (Å²) in [5.41, 5.74) is 0.593. The van der Waals surface area contributed by atoms with Crippen LogP contribution in [-0.4, -0.2) is 20.1 Å². The van der Waals surface area contributed by atoms with E-state index in [9.17, 15) is 22.0 Å². The van der Waals surface area contributed by atoms with E-state index in [0.29, 0.717) is 10.6 Å². The van der Waals surface area contributed by atoms with Crippen LogP contribution in [-0.2, 0) is 9.84 Å². The lowest BCUT2D eigenvalue weighted by atomic mass is 10.2. The molecule has 0 radical (unpaired) electrons. The van der Waals surface area contributed by atoms with Crippen LogP contribution in [0.15, 0.2) is 53.4 Å². The number of halogens is 3. The largest absolute Gasteiger partial charge is 0.341 e. The maximum atomic E-state index is 12.4. The zero-order valence-corrected chi connectivity index (χ0v) is 12.5. The van der Waals surface area contributed by atoms with Crippen molar-refractivity contribution in [2.24, 2.45) is 0 Å². The first kappa shape index (κ1) is 16.4. The van der Waals surface area contributed by atoms with Gasteiger partial charge < -0.3 is 5.32 Å². The van der Waals surface area contributed by atoms with Crippen molar-refractivity contribution in [3.63, 3.8) is 0 Å². The van der Waals surface area contributed by atoms with Gasteiger partial charge in [-0.3, -0.25) is 4.79 Å². The van der Waals surface area contributed by atoms with Crippen molar-refractivity contribution >= 4 is 33.0 Å². The van der Waals surface area contributed by atoms with Crippen LogP contribution in [0.25, 0.3) is 0 Å². The molecule has 0 atom stereocenters. The Labute approximate surface area is 130 Å². The summed E-state index contributed by atoms with van der Waals surface area (Å²) in [6, 6.07) is 10.7. The molecule has 0 aliphatic rings. The van der Waals surface area contributed by atoms with E-state index >= 15 is 0 Å². The third-order valence-electron chi connectivity index (χ3n) is 2.76. The van der Waals surface area contributed by atoms with E-state index in [2.05, 4.69) is 5.32 Å². The number of amides is 1. The van der Waals surface area contributed by atoms with Gasteiger partial charge in [0, 0.05) is 16.3 Å². The number of rotatable bonds is 4. The van der Waals surface area contributed by atoms with Crippen LogP contribution in [0.1, 0.15) is 10.4 Å². The van der Waals surface area contributed by atoms with Gasteiger partial charge in [-0.1, -0.05) is 17.7 Å². The normalized spacial score (nSPS) is 11.5. The van der Waals surface area contributed by atoms with Crippen LogP contribution >= 0.6 is 11.6 Å². The van der Waals surface area contributed by atoms with Crippen molar-refractivity contribution in [1.82, 2.24) is 0 Å². The molecule has 22 heavy (non-hydrogen) atoms. The zero-order valence-electron chi connectivity index (χ0n) is 11.0. The highest BCUT2D eigenvalue weighted by Gasteiger charge is 2.26. The topological polar surface area (TPSA) is 63.2 Å². The molecule has 0 heterocycles. The maximum absolute atomic E-state index is 12.4. The van der Waals surface area contributed by atoms with Crippen molar-refractivity contribution in [3.05, 3.63) is 59.1 Å². The molecule has 0 aromatic heterocycles. The average Bonchev–Trinajstić information content (AvgIpc) is 2.47. The molecule has 0 bridgehead atoms. The number of sulfone groups is 1. The van der Waals surface area contributed by atoms with Crippen molar-refractivity contribution in [2.75, 3.05) is 5.32 Å². The SMILES string of the molecule is O=C(Nc1ccc(S(=O)(=O)C(F)F)cc1)c1cccc(Cl)c1. The van der Waals surface area contributed by atoms with Crippen molar-refractivity contribution < 1.29 is 22.0 Å². The van der Waals surface area contributed by atoms with Gasteiger partial charge >= 0.3 is 5.76 Å². The molecular formula is C14H10ClF2NO3S. The minimum absolute atomic E-state index is 0.276. The summed E-state index contributed by atoms with van der Waals surface area (Å²) in [5, 5.41) is 2.91. The highest BCUT2D eigenvalue weighted by atomic mass is 35.5. The third kappa shape index (κ3) is 3.61. The Bertz CT molecular complexity index is 792. The lowest BCUT2D eigenvalue weighted by molar-refractivity contribution is 0.102. The van der Waals surface area contributed by atoms with E-state index in [4.69, 9.17) is 11.6 Å². The Morgan fingerprint density at radius 3 is 2.27 bits per heavy atom. The predicted octanol–water partition coefficient (Wildman–Crippen LogP) is 3.59. The van der Waals surface area contributed by atoms with E-state index < -0.39 is 26.4 Å². The summed E-state index contributed by atoms with van der Waals surface area (Å²) in [6.07, 6.45) is 0. The molecule has 2 aromatic rings. The Kier molecular flexibility index (Phi) is 4.77. The second-order valence-corrected chi connectivity index (χ2v) is 6.65. The van der Waals surface area contributed by atoms with E-state index in [1.807, 2.05) is 0 Å². The molecule has 1 amide bonds. The minimum Gasteiger partial charge on any atom is -0.322 e. The summed E-state index contributed by atoms with van der Waals surface area (Å²) >= 11 is 5.77. The molecule has 8 heteroatoms. The van der Waals surface area contributed by atoms with Crippen molar-refractivity contribution in [3.8, 4) is 0 Å². The number of carbonyl (C=O) groups excluding carboxylic acids is 1. The fraction of sp³-hybridized carbons (Fsp3) is 0.0714. The summed E-state index contributed by atoms with van der Waals surface area (Å²) < 4.78 is 47.3. The molecule has 2 aromatic carbocycles. The van der Waals surface area contributed by atoms with Crippen LogP contribution in [0.3, 0.4) is 0 Å². The highest BCUT2D eigenvalue weighted by Crippen LogP contribution is 2.21. The molecular weight excluding hydrogens is 336 g/mol. The fourth-order valence-corrected chi connectivity index (χ4v) is 2.58. The summed E-state index contributed by atoms with van der Waals surface area (Å²) in [4.78, 5) is 11.4. The molecule has 116 valence electrons. The van der Waals surface area contributed by atoms with Gasteiger partial charge in [0.1, 0.15) is 0 Å². The first-order valence-electron chi connectivity index (χ1n) is 6.00. The number of carbonyl (C=O) groups is 1. The monoisotopic (exact) mass is 345 g/mol. The van der Waals surface area contributed by atoms with E-state index in [-0.39, 0.29) is 5.69 Å². The summed E-state index contributed by atoms with van der Waals surface area (Å²) in [7, 11) is -4.64. The minimum atomic E-state index is -4.64. The molecule has 0 spiro atoms. The lowest BCUT2D eigenvalue weighted by Crippen LogP contribution is -2.13. The molecule has 0 aliphatic carbocycles. The van der Waals surface area contributed by atoms with Gasteiger partial charge in [0.25, 0.3) is 5.91 Å². The van der Waals surface area contributed by atoms with Gasteiger partial charge in [0.2, 0.25) is 9.84 Å². The Hall–Kier alpha value is -1.99. The standard InChI is InChI=1S/C14H10ClF2NO3S/c15-10-3-1-2-9(8-10)13(19)18-11-4-6-12(7-5-11)22(20,21)14(16)17/h1-8,14H,(H,18,19). The highest BCUT2D eigenvalue weighted by molar-refractivity contribution is 7.91. The molecule has 1 N–H and O–H groups in total. The summed E-state index contributed by atoms with van der Waals surface area (Å²) in [5.74, 6) is -3.94. The number of nitrogens with one attached hydrogen (secondary N) is 1. The fourth-order valence-electron chi connectivity index (χ4n) is 1.66. The number of anilines is 1. The van der Waals surface area contributed by atoms with Crippen LogP contribution in [0.5, 0.6) is 0 Å². The summed E-state index contributed by atoms with van der Waals surface area (Å²) in [6.45, 7) is 0. The zero-order chi connectivity index (χ0) is 16.3. The number of benzene rings is 2. The molecule has 0 fully saturated rings. The van der Waals surface area contributed by atoms with Crippen LogP contribution in [0.4, 0.5) is 14.5 Å². The van der Waals surface area contributed by atoms with Gasteiger partial charge in [-0.15, -0.1) is 0 Å². The molecule has 0 saturated carbocycles. The number of hydrogen-bond donors (Lipinski definition) is 1. The van der Waals surface area contributed by atoms with Crippen molar-refractivity contribution in [1.29, 1.82) is 0 Å². The smallest absolute Gasteiger partial charge is 0.322 e. The van der Waals surface area contributed by atoms with E-state index in [0.717, 1.165) is 12.1 Å². The van der Waals surface area contributed by atoms with E-state index in [1.165, 1.54) is 18.2 Å². The Balaban J connectivity index is 2.17. The van der Waals surface area contributed by atoms with Gasteiger partial charge in [0.15, 0.2) is 0 Å².